The van der Waals surface area contributed by atoms with Gasteiger partial charge in [0.15, 0.2) is 5.82 Å². The van der Waals surface area contributed by atoms with Crippen LogP contribution < -0.4 is 4.90 Å². The van der Waals surface area contributed by atoms with E-state index in [1.165, 1.54) is 5.56 Å². The second-order valence-corrected chi connectivity index (χ2v) is 7.04. The summed E-state index contributed by atoms with van der Waals surface area (Å²) in [6.07, 6.45) is 4.92. The van der Waals surface area contributed by atoms with Gasteiger partial charge in [-0.1, -0.05) is 36.4 Å². The van der Waals surface area contributed by atoms with E-state index in [4.69, 9.17) is 4.98 Å². The largest absolute Gasteiger partial charge is 0.355 e. The van der Waals surface area contributed by atoms with Crippen LogP contribution in [0.2, 0.25) is 0 Å². The van der Waals surface area contributed by atoms with E-state index in [9.17, 15) is 0 Å². The molecule has 27 heavy (non-hydrogen) atoms. The Morgan fingerprint density at radius 2 is 1.81 bits per heavy atom. The van der Waals surface area contributed by atoms with Gasteiger partial charge in [-0.05, 0) is 25.0 Å². The third kappa shape index (κ3) is 4.49. The van der Waals surface area contributed by atoms with Crippen LogP contribution in [-0.4, -0.2) is 46.0 Å². The molecule has 3 aromatic rings. The van der Waals surface area contributed by atoms with Gasteiger partial charge in [-0.15, -0.1) is 0 Å². The van der Waals surface area contributed by atoms with Gasteiger partial charge in [0.25, 0.3) is 0 Å². The molecule has 5 heteroatoms. The summed E-state index contributed by atoms with van der Waals surface area (Å²) >= 11 is 0. The first kappa shape index (κ1) is 17.6. The molecule has 1 aliphatic heterocycles. The van der Waals surface area contributed by atoms with Crippen molar-refractivity contribution in [3.63, 3.8) is 0 Å². The molecule has 0 unspecified atom stereocenters. The number of anilines is 1. The van der Waals surface area contributed by atoms with E-state index in [-0.39, 0.29) is 0 Å². The number of nitrogens with zero attached hydrogens (tertiary/aromatic N) is 5. The Kier molecular flexibility index (Phi) is 5.39. The van der Waals surface area contributed by atoms with Crippen LogP contribution in [-0.2, 0) is 6.54 Å². The summed E-state index contributed by atoms with van der Waals surface area (Å²) in [5.41, 5.74) is 3.35. The van der Waals surface area contributed by atoms with Gasteiger partial charge in [-0.25, -0.2) is 9.97 Å². The molecule has 0 radical (unpaired) electrons. The van der Waals surface area contributed by atoms with E-state index in [0.717, 1.165) is 62.0 Å². The fourth-order valence-electron chi connectivity index (χ4n) is 3.54. The lowest BCUT2D eigenvalue weighted by Crippen LogP contribution is -2.31. The summed E-state index contributed by atoms with van der Waals surface area (Å²) in [7, 11) is 0. The average molecular weight is 359 g/mol. The number of hydrogen-bond acceptors (Lipinski definition) is 5. The standard InChI is InChI=1S/C22H25N5/c1-18-15-21(25-22(24-18)20-8-3-2-4-9-20)27-12-6-11-26(13-14-27)17-19-7-5-10-23-16-19/h2-5,7-10,15-16H,6,11-14,17H2,1H3. The second-order valence-electron chi connectivity index (χ2n) is 7.04. The smallest absolute Gasteiger partial charge is 0.161 e. The Morgan fingerprint density at radius 3 is 2.63 bits per heavy atom. The van der Waals surface area contributed by atoms with Crippen LogP contribution in [0.1, 0.15) is 17.7 Å². The Labute approximate surface area is 160 Å². The molecule has 4 rings (SSSR count). The fraction of sp³-hybridized carbons (Fsp3) is 0.318. The zero-order chi connectivity index (χ0) is 18.5. The van der Waals surface area contributed by atoms with Gasteiger partial charge in [0.1, 0.15) is 5.82 Å². The monoisotopic (exact) mass is 359 g/mol. The van der Waals surface area contributed by atoms with Crippen molar-refractivity contribution in [2.45, 2.75) is 19.9 Å². The molecule has 0 amide bonds. The Morgan fingerprint density at radius 1 is 0.926 bits per heavy atom. The van der Waals surface area contributed by atoms with Crippen LogP contribution in [0.4, 0.5) is 5.82 Å². The SMILES string of the molecule is Cc1cc(N2CCCN(Cc3cccnc3)CC2)nc(-c2ccccc2)n1. The highest BCUT2D eigenvalue weighted by Gasteiger charge is 2.17. The molecule has 1 saturated heterocycles. The van der Waals surface area contributed by atoms with E-state index in [1.807, 2.05) is 43.6 Å². The van der Waals surface area contributed by atoms with Crippen molar-refractivity contribution in [1.29, 1.82) is 0 Å². The number of hydrogen-bond donors (Lipinski definition) is 0. The van der Waals surface area contributed by atoms with Gasteiger partial charge in [0.05, 0.1) is 0 Å². The van der Waals surface area contributed by atoms with Crippen molar-refractivity contribution in [1.82, 2.24) is 19.9 Å². The van der Waals surface area contributed by atoms with Gasteiger partial charge in [-0.2, -0.15) is 0 Å². The third-order valence-electron chi connectivity index (χ3n) is 4.91. The molecule has 5 nitrogen and oxygen atoms in total. The summed E-state index contributed by atoms with van der Waals surface area (Å²) in [5.74, 6) is 1.84. The van der Waals surface area contributed by atoms with Gasteiger partial charge in [0, 0.05) is 62.4 Å². The summed E-state index contributed by atoms with van der Waals surface area (Å²) in [6, 6.07) is 16.5. The number of pyridine rings is 1. The van der Waals surface area contributed by atoms with Crippen molar-refractivity contribution >= 4 is 5.82 Å². The average Bonchev–Trinajstić information content (AvgIpc) is 2.95. The second kappa shape index (κ2) is 8.27. The number of rotatable bonds is 4. The van der Waals surface area contributed by atoms with Crippen molar-refractivity contribution in [3.8, 4) is 11.4 Å². The lowest BCUT2D eigenvalue weighted by molar-refractivity contribution is 0.285. The topological polar surface area (TPSA) is 45.2 Å². The van der Waals surface area contributed by atoms with Gasteiger partial charge >= 0.3 is 0 Å². The molecule has 138 valence electrons. The third-order valence-corrected chi connectivity index (χ3v) is 4.91. The van der Waals surface area contributed by atoms with Crippen LogP contribution in [0, 0.1) is 6.92 Å². The first-order valence-electron chi connectivity index (χ1n) is 9.55. The van der Waals surface area contributed by atoms with Crippen LogP contribution in [0.5, 0.6) is 0 Å². The van der Waals surface area contributed by atoms with Crippen molar-refractivity contribution in [3.05, 3.63) is 72.2 Å². The first-order chi connectivity index (χ1) is 13.3. The Bertz CT molecular complexity index is 866. The lowest BCUT2D eigenvalue weighted by atomic mass is 10.2. The molecule has 0 spiro atoms. The molecule has 0 atom stereocenters. The van der Waals surface area contributed by atoms with E-state index in [2.05, 4.69) is 44.0 Å². The zero-order valence-electron chi connectivity index (χ0n) is 15.8. The summed E-state index contributed by atoms with van der Waals surface area (Å²) in [4.78, 5) is 18.6. The predicted molar refractivity (Wildman–Crippen MR) is 109 cm³/mol. The van der Waals surface area contributed by atoms with Crippen molar-refractivity contribution in [2.75, 3.05) is 31.1 Å². The molecular weight excluding hydrogens is 334 g/mol. The first-order valence-corrected chi connectivity index (χ1v) is 9.55. The van der Waals surface area contributed by atoms with Crippen LogP contribution in [0.25, 0.3) is 11.4 Å². The highest BCUT2D eigenvalue weighted by molar-refractivity contribution is 5.57. The maximum absolute atomic E-state index is 4.86. The molecule has 0 saturated carbocycles. The Hall–Kier alpha value is -2.79. The van der Waals surface area contributed by atoms with Crippen LogP contribution >= 0.6 is 0 Å². The minimum atomic E-state index is 0.807. The fourth-order valence-corrected chi connectivity index (χ4v) is 3.54. The summed E-state index contributed by atoms with van der Waals surface area (Å²) in [5, 5.41) is 0. The Balaban J connectivity index is 1.48. The lowest BCUT2D eigenvalue weighted by Gasteiger charge is -2.23. The van der Waals surface area contributed by atoms with Gasteiger partial charge in [0.2, 0.25) is 0 Å². The number of aromatic nitrogens is 3. The number of benzene rings is 1. The van der Waals surface area contributed by atoms with Gasteiger partial charge in [-0.3, -0.25) is 9.88 Å². The molecule has 3 heterocycles. The molecule has 1 fully saturated rings. The normalized spacial score (nSPS) is 15.5. The maximum Gasteiger partial charge on any atom is 0.161 e. The van der Waals surface area contributed by atoms with Crippen molar-refractivity contribution in [2.24, 2.45) is 0 Å². The van der Waals surface area contributed by atoms with Crippen LogP contribution in [0.3, 0.4) is 0 Å². The van der Waals surface area contributed by atoms with E-state index >= 15 is 0 Å². The molecule has 0 aliphatic carbocycles. The molecule has 0 N–H and O–H groups in total. The molecule has 1 aromatic carbocycles. The molecular formula is C22H25N5. The molecule has 2 aromatic heterocycles. The van der Waals surface area contributed by atoms with E-state index in [1.54, 1.807) is 0 Å². The zero-order valence-corrected chi connectivity index (χ0v) is 15.8. The van der Waals surface area contributed by atoms with E-state index in [0.29, 0.717) is 0 Å². The van der Waals surface area contributed by atoms with E-state index < -0.39 is 0 Å². The molecule has 1 aliphatic rings. The molecule has 0 bridgehead atoms. The van der Waals surface area contributed by atoms with Gasteiger partial charge < -0.3 is 4.90 Å². The minimum Gasteiger partial charge on any atom is -0.355 e. The quantitative estimate of drug-likeness (QED) is 0.713. The highest BCUT2D eigenvalue weighted by atomic mass is 15.2. The highest BCUT2D eigenvalue weighted by Crippen LogP contribution is 2.21. The maximum atomic E-state index is 4.86. The predicted octanol–water partition coefficient (Wildman–Crippen LogP) is 3.56. The van der Waals surface area contributed by atoms with Crippen molar-refractivity contribution < 1.29 is 0 Å². The number of aryl methyl sites for hydroxylation is 1. The minimum absolute atomic E-state index is 0.807. The summed E-state index contributed by atoms with van der Waals surface area (Å²) in [6.45, 7) is 7.13. The van der Waals surface area contributed by atoms with Crippen LogP contribution in [0.15, 0.2) is 60.9 Å². The summed E-state index contributed by atoms with van der Waals surface area (Å²) < 4.78 is 0.